The highest BCUT2D eigenvalue weighted by Gasteiger charge is 2.20. The molecule has 10 heteroatoms. The van der Waals surface area contributed by atoms with Crippen LogP contribution < -0.4 is 21.4 Å². The highest BCUT2D eigenvalue weighted by molar-refractivity contribution is 5.87. The molecule has 2 atom stereocenters. The molecular weight excluding hydrogens is 352 g/mol. The average Bonchev–Trinajstić information content (AvgIpc) is 2.61. The van der Waals surface area contributed by atoms with Crippen LogP contribution in [-0.2, 0) is 9.59 Å². The van der Waals surface area contributed by atoms with E-state index in [4.69, 9.17) is 5.41 Å². The third-order valence-electron chi connectivity index (χ3n) is 3.95. The SMILES string of the molecule is [CH2]CC(C)CNC(=O)[C@H](CCCNC(=N)N[N+](=O)[O-])NC(=O)CCCCC. The lowest BCUT2D eigenvalue weighted by Crippen LogP contribution is -2.48. The van der Waals surface area contributed by atoms with E-state index < -0.39 is 17.0 Å². The fourth-order valence-electron chi connectivity index (χ4n) is 2.22. The molecular formula is C17H33N6O4. The molecule has 0 bridgehead atoms. The highest BCUT2D eigenvalue weighted by Crippen LogP contribution is 2.03. The Bertz CT molecular complexity index is 486. The smallest absolute Gasteiger partial charge is 0.251 e. The maximum absolute atomic E-state index is 12.4. The third-order valence-corrected chi connectivity index (χ3v) is 3.95. The van der Waals surface area contributed by atoms with Crippen molar-refractivity contribution < 1.29 is 14.6 Å². The third kappa shape index (κ3) is 13.5. The van der Waals surface area contributed by atoms with Gasteiger partial charge < -0.3 is 16.0 Å². The molecule has 5 N–H and O–H groups in total. The molecule has 10 nitrogen and oxygen atoms in total. The fourth-order valence-corrected chi connectivity index (χ4v) is 2.22. The first-order valence-electron chi connectivity index (χ1n) is 9.39. The zero-order valence-electron chi connectivity index (χ0n) is 16.3. The van der Waals surface area contributed by atoms with Gasteiger partial charge in [0.05, 0.1) is 0 Å². The average molecular weight is 385 g/mol. The highest BCUT2D eigenvalue weighted by atomic mass is 16.7. The fraction of sp³-hybridized carbons (Fsp3) is 0.765. The van der Waals surface area contributed by atoms with Crippen molar-refractivity contribution in [1.29, 1.82) is 5.41 Å². The van der Waals surface area contributed by atoms with E-state index in [0.717, 1.165) is 19.3 Å². The van der Waals surface area contributed by atoms with E-state index in [-0.39, 0.29) is 24.3 Å². The summed E-state index contributed by atoms with van der Waals surface area (Å²) in [7, 11) is 0. The van der Waals surface area contributed by atoms with Gasteiger partial charge in [0.25, 0.3) is 5.96 Å². The largest absolute Gasteiger partial charge is 0.354 e. The number of amides is 2. The number of nitro groups is 1. The Kier molecular flexibility index (Phi) is 13.4. The van der Waals surface area contributed by atoms with Crippen molar-refractivity contribution >= 4 is 17.8 Å². The molecule has 0 aliphatic heterocycles. The van der Waals surface area contributed by atoms with Gasteiger partial charge in [-0.15, -0.1) is 0 Å². The number of hydrazine groups is 1. The van der Waals surface area contributed by atoms with Gasteiger partial charge in [0.1, 0.15) is 6.04 Å². The summed E-state index contributed by atoms with van der Waals surface area (Å²) in [6.45, 7) is 8.58. The van der Waals surface area contributed by atoms with Gasteiger partial charge in [0.15, 0.2) is 5.03 Å². The second-order valence-corrected chi connectivity index (χ2v) is 6.53. The number of unbranched alkanes of at least 4 members (excludes halogenated alkanes) is 2. The van der Waals surface area contributed by atoms with E-state index in [0.29, 0.717) is 32.2 Å². The number of nitrogens with one attached hydrogen (secondary N) is 5. The minimum atomic E-state index is -0.828. The maximum atomic E-state index is 12.4. The molecule has 0 fully saturated rings. The van der Waals surface area contributed by atoms with Crippen LogP contribution >= 0.6 is 0 Å². The Labute approximate surface area is 160 Å². The molecule has 155 valence electrons. The molecule has 0 aliphatic carbocycles. The van der Waals surface area contributed by atoms with E-state index in [2.05, 4.69) is 29.8 Å². The monoisotopic (exact) mass is 385 g/mol. The Balaban J connectivity index is 4.49. The predicted octanol–water partition coefficient (Wildman–Crippen LogP) is 1.11. The van der Waals surface area contributed by atoms with Crippen LogP contribution in [0.2, 0.25) is 0 Å². The van der Waals surface area contributed by atoms with E-state index in [1.165, 1.54) is 0 Å². The van der Waals surface area contributed by atoms with Crippen molar-refractivity contribution in [1.82, 2.24) is 21.4 Å². The Morgan fingerprint density at radius 1 is 1.22 bits per heavy atom. The number of nitrogens with zero attached hydrogens (tertiary/aromatic N) is 1. The lowest BCUT2D eigenvalue weighted by atomic mass is 10.1. The summed E-state index contributed by atoms with van der Waals surface area (Å²) in [4.78, 5) is 34.7. The van der Waals surface area contributed by atoms with Crippen molar-refractivity contribution in [2.75, 3.05) is 13.1 Å². The van der Waals surface area contributed by atoms with Gasteiger partial charge in [-0.3, -0.25) is 15.0 Å². The summed E-state index contributed by atoms with van der Waals surface area (Å²) >= 11 is 0. The van der Waals surface area contributed by atoms with Gasteiger partial charge in [0.2, 0.25) is 11.8 Å². The summed E-state index contributed by atoms with van der Waals surface area (Å²) in [6.07, 6.45) is 4.65. The lowest BCUT2D eigenvalue weighted by molar-refractivity contribution is -0.525. The zero-order valence-corrected chi connectivity index (χ0v) is 16.3. The first-order chi connectivity index (χ1) is 12.8. The van der Waals surface area contributed by atoms with Crippen LogP contribution in [0.25, 0.3) is 0 Å². The van der Waals surface area contributed by atoms with Crippen LogP contribution in [0.4, 0.5) is 0 Å². The molecule has 0 rings (SSSR count). The van der Waals surface area contributed by atoms with E-state index in [1.54, 1.807) is 5.43 Å². The summed E-state index contributed by atoms with van der Waals surface area (Å²) in [5.74, 6) is -0.596. The van der Waals surface area contributed by atoms with Gasteiger partial charge in [-0.1, -0.05) is 39.0 Å². The summed E-state index contributed by atoms with van der Waals surface area (Å²) in [5.41, 5.74) is 1.69. The molecule has 1 unspecified atom stereocenters. The van der Waals surface area contributed by atoms with Gasteiger partial charge in [-0.25, -0.2) is 10.1 Å². The number of guanidine groups is 1. The van der Waals surface area contributed by atoms with Crippen LogP contribution in [0.15, 0.2) is 0 Å². The summed E-state index contributed by atoms with van der Waals surface area (Å²) < 4.78 is 0. The molecule has 2 amide bonds. The van der Waals surface area contributed by atoms with E-state index >= 15 is 0 Å². The summed E-state index contributed by atoms with van der Waals surface area (Å²) in [6, 6.07) is -0.671. The minimum Gasteiger partial charge on any atom is -0.354 e. The second-order valence-electron chi connectivity index (χ2n) is 6.53. The Morgan fingerprint density at radius 3 is 2.52 bits per heavy atom. The molecule has 0 saturated carbocycles. The van der Waals surface area contributed by atoms with Crippen LogP contribution in [-0.4, -0.2) is 41.9 Å². The molecule has 0 heterocycles. The normalized spacial score (nSPS) is 12.6. The predicted molar refractivity (Wildman–Crippen MR) is 103 cm³/mol. The first-order valence-corrected chi connectivity index (χ1v) is 9.39. The van der Waals surface area contributed by atoms with Crippen LogP contribution in [0.5, 0.6) is 0 Å². The molecule has 0 aromatic rings. The molecule has 1 radical (unpaired) electrons. The van der Waals surface area contributed by atoms with Crippen LogP contribution in [0.3, 0.4) is 0 Å². The number of carbonyl (C=O) groups is 2. The second kappa shape index (κ2) is 14.7. The van der Waals surface area contributed by atoms with Crippen molar-refractivity contribution in [3.8, 4) is 0 Å². The lowest BCUT2D eigenvalue weighted by Gasteiger charge is -2.20. The molecule has 0 aromatic carbocycles. The Morgan fingerprint density at radius 2 is 1.93 bits per heavy atom. The van der Waals surface area contributed by atoms with Crippen molar-refractivity contribution in [3.63, 3.8) is 0 Å². The molecule has 27 heavy (non-hydrogen) atoms. The first kappa shape index (κ1) is 24.6. The quantitative estimate of drug-likeness (QED) is 0.0994. The van der Waals surface area contributed by atoms with E-state index in [9.17, 15) is 19.7 Å². The van der Waals surface area contributed by atoms with E-state index in [1.807, 2.05) is 6.92 Å². The van der Waals surface area contributed by atoms with Gasteiger partial charge in [-0.2, -0.15) is 0 Å². The standard InChI is InChI=1S/C17H33N6O4/c1-4-6-7-10-15(24)21-14(16(25)20-12-13(3)5-2)9-8-11-19-17(18)22-23(26)27/h13-14H,2,4-12H2,1,3H3,(H,20,25)(H,21,24)(H3,18,19,22)/t13?,14-/m0/s1. The van der Waals surface area contributed by atoms with Crippen LogP contribution in [0, 0.1) is 28.4 Å². The summed E-state index contributed by atoms with van der Waals surface area (Å²) in [5, 5.41) is 24.8. The molecule has 0 aliphatic rings. The minimum absolute atomic E-state index is 0.162. The zero-order chi connectivity index (χ0) is 20.7. The van der Waals surface area contributed by atoms with Crippen molar-refractivity contribution in [2.24, 2.45) is 5.92 Å². The van der Waals surface area contributed by atoms with Crippen molar-refractivity contribution in [3.05, 3.63) is 17.0 Å². The van der Waals surface area contributed by atoms with Crippen LogP contribution in [0.1, 0.15) is 58.8 Å². The number of hydrogen-bond donors (Lipinski definition) is 5. The topological polar surface area (TPSA) is 149 Å². The number of rotatable bonds is 14. The van der Waals surface area contributed by atoms with Gasteiger partial charge >= 0.3 is 0 Å². The van der Waals surface area contributed by atoms with Crippen molar-refractivity contribution in [2.45, 2.75) is 64.8 Å². The molecule has 0 saturated heterocycles. The maximum Gasteiger partial charge on any atom is 0.251 e. The molecule has 0 aromatic heterocycles. The number of hydrogen-bond acceptors (Lipinski definition) is 5. The van der Waals surface area contributed by atoms with Gasteiger partial charge in [0, 0.05) is 19.5 Å². The Hall–Kier alpha value is -2.39. The molecule has 0 spiro atoms. The number of carbonyl (C=O) groups excluding carboxylic acids is 2. The van der Waals surface area contributed by atoms with Gasteiger partial charge in [-0.05, 0) is 31.6 Å².